The lowest BCUT2D eigenvalue weighted by Gasteiger charge is -2.33. The SMILES string of the molecule is COC(CN)CC(=O)N1CCOC(c2cccs2)C1. The highest BCUT2D eigenvalue weighted by Crippen LogP contribution is 2.26. The first-order valence-electron chi connectivity index (χ1n) is 6.40. The van der Waals surface area contributed by atoms with E-state index < -0.39 is 0 Å². The fourth-order valence-electron chi connectivity index (χ4n) is 2.11. The minimum absolute atomic E-state index is 0.00317. The summed E-state index contributed by atoms with van der Waals surface area (Å²) >= 11 is 1.66. The van der Waals surface area contributed by atoms with Crippen LogP contribution in [-0.2, 0) is 14.3 Å². The summed E-state index contributed by atoms with van der Waals surface area (Å²) in [7, 11) is 1.58. The van der Waals surface area contributed by atoms with Gasteiger partial charge in [0.15, 0.2) is 0 Å². The highest BCUT2D eigenvalue weighted by molar-refractivity contribution is 7.10. The fourth-order valence-corrected chi connectivity index (χ4v) is 2.87. The normalized spacial score (nSPS) is 21.4. The molecule has 1 amide bonds. The van der Waals surface area contributed by atoms with E-state index in [2.05, 4.69) is 0 Å². The Balaban J connectivity index is 1.91. The van der Waals surface area contributed by atoms with Crippen LogP contribution in [0.3, 0.4) is 0 Å². The minimum atomic E-state index is -0.199. The Hall–Kier alpha value is -0.950. The van der Waals surface area contributed by atoms with Crippen LogP contribution in [-0.4, -0.2) is 50.3 Å². The van der Waals surface area contributed by atoms with Gasteiger partial charge < -0.3 is 20.1 Å². The van der Waals surface area contributed by atoms with E-state index in [0.29, 0.717) is 32.7 Å². The molecule has 1 aliphatic heterocycles. The molecule has 0 saturated carbocycles. The van der Waals surface area contributed by atoms with Crippen LogP contribution in [0.4, 0.5) is 0 Å². The summed E-state index contributed by atoms with van der Waals surface area (Å²) in [6.45, 7) is 2.19. The molecule has 1 aromatic rings. The van der Waals surface area contributed by atoms with Crippen LogP contribution in [0.5, 0.6) is 0 Å². The molecular weight excluding hydrogens is 264 g/mol. The Kier molecular flexibility index (Phi) is 5.33. The number of thiophene rings is 1. The molecule has 1 aliphatic rings. The van der Waals surface area contributed by atoms with Gasteiger partial charge in [0.2, 0.25) is 5.91 Å². The van der Waals surface area contributed by atoms with E-state index in [1.807, 2.05) is 22.4 Å². The van der Waals surface area contributed by atoms with E-state index >= 15 is 0 Å². The van der Waals surface area contributed by atoms with Crippen molar-refractivity contribution in [1.29, 1.82) is 0 Å². The lowest BCUT2D eigenvalue weighted by atomic mass is 10.2. The molecule has 2 N–H and O–H groups in total. The molecule has 1 saturated heterocycles. The summed E-state index contributed by atoms with van der Waals surface area (Å²) in [5, 5.41) is 2.02. The quantitative estimate of drug-likeness (QED) is 0.876. The summed E-state index contributed by atoms with van der Waals surface area (Å²) in [5.41, 5.74) is 5.55. The van der Waals surface area contributed by atoms with Crippen molar-refractivity contribution in [3.05, 3.63) is 22.4 Å². The van der Waals surface area contributed by atoms with Crippen molar-refractivity contribution in [3.63, 3.8) is 0 Å². The number of rotatable bonds is 5. The summed E-state index contributed by atoms with van der Waals surface area (Å²) < 4.78 is 10.9. The summed E-state index contributed by atoms with van der Waals surface area (Å²) in [4.78, 5) is 15.2. The van der Waals surface area contributed by atoms with E-state index in [9.17, 15) is 4.79 Å². The van der Waals surface area contributed by atoms with Crippen molar-refractivity contribution in [2.24, 2.45) is 5.73 Å². The fraction of sp³-hybridized carbons (Fsp3) is 0.615. The maximum absolute atomic E-state index is 12.2. The van der Waals surface area contributed by atoms with Crippen molar-refractivity contribution >= 4 is 17.2 Å². The Bertz CT molecular complexity index is 393. The molecule has 0 spiro atoms. The zero-order chi connectivity index (χ0) is 13.7. The van der Waals surface area contributed by atoms with Crippen LogP contribution in [0.2, 0.25) is 0 Å². The van der Waals surface area contributed by atoms with E-state index in [1.165, 1.54) is 4.88 Å². The van der Waals surface area contributed by atoms with Crippen LogP contribution >= 0.6 is 11.3 Å². The molecule has 0 radical (unpaired) electrons. The van der Waals surface area contributed by atoms with Gasteiger partial charge in [0.1, 0.15) is 6.10 Å². The molecule has 0 aromatic carbocycles. The second-order valence-corrected chi connectivity index (χ2v) is 5.49. The number of carbonyl (C=O) groups excluding carboxylic acids is 1. The van der Waals surface area contributed by atoms with Gasteiger partial charge in [0.25, 0.3) is 0 Å². The minimum Gasteiger partial charge on any atom is -0.380 e. The Morgan fingerprint density at radius 3 is 3.21 bits per heavy atom. The van der Waals surface area contributed by atoms with Gasteiger partial charge in [0.05, 0.1) is 25.7 Å². The van der Waals surface area contributed by atoms with Crippen molar-refractivity contribution in [2.45, 2.75) is 18.6 Å². The molecule has 0 bridgehead atoms. The van der Waals surface area contributed by atoms with Crippen LogP contribution in [0.15, 0.2) is 17.5 Å². The van der Waals surface area contributed by atoms with Crippen molar-refractivity contribution in [3.8, 4) is 0 Å². The molecule has 0 aliphatic carbocycles. The van der Waals surface area contributed by atoms with Crippen molar-refractivity contribution < 1.29 is 14.3 Å². The standard InChI is InChI=1S/C13H20N2O3S/c1-17-10(8-14)7-13(16)15-4-5-18-11(9-15)12-3-2-6-19-12/h2-3,6,10-11H,4-5,7-9,14H2,1H3. The van der Waals surface area contributed by atoms with Crippen LogP contribution in [0, 0.1) is 0 Å². The first-order valence-corrected chi connectivity index (χ1v) is 7.28. The molecule has 106 valence electrons. The largest absolute Gasteiger partial charge is 0.380 e. The third kappa shape index (κ3) is 3.76. The monoisotopic (exact) mass is 284 g/mol. The number of carbonyl (C=O) groups is 1. The third-order valence-corrected chi connectivity index (χ3v) is 4.24. The van der Waals surface area contributed by atoms with E-state index in [0.717, 1.165) is 0 Å². The van der Waals surface area contributed by atoms with Gasteiger partial charge in [-0.1, -0.05) is 6.07 Å². The van der Waals surface area contributed by atoms with Crippen LogP contribution in [0.25, 0.3) is 0 Å². The van der Waals surface area contributed by atoms with E-state index in [-0.39, 0.29) is 18.1 Å². The molecule has 1 aromatic heterocycles. The number of hydrogen-bond donors (Lipinski definition) is 1. The van der Waals surface area contributed by atoms with Gasteiger partial charge in [-0.2, -0.15) is 0 Å². The second kappa shape index (κ2) is 7.00. The first-order chi connectivity index (χ1) is 9.24. The van der Waals surface area contributed by atoms with Gasteiger partial charge in [0, 0.05) is 25.1 Å². The zero-order valence-corrected chi connectivity index (χ0v) is 11.9. The molecule has 5 nitrogen and oxygen atoms in total. The Morgan fingerprint density at radius 2 is 2.58 bits per heavy atom. The second-order valence-electron chi connectivity index (χ2n) is 4.51. The van der Waals surface area contributed by atoms with Gasteiger partial charge in [-0.25, -0.2) is 0 Å². The molecule has 2 rings (SSSR count). The van der Waals surface area contributed by atoms with Gasteiger partial charge >= 0.3 is 0 Å². The molecule has 2 atom stereocenters. The third-order valence-electron chi connectivity index (χ3n) is 3.28. The highest BCUT2D eigenvalue weighted by Gasteiger charge is 2.27. The average Bonchev–Trinajstić information content (AvgIpc) is 2.99. The molecule has 1 fully saturated rings. The number of nitrogens with zero attached hydrogens (tertiary/aromatic N) is 1. The van der Waals surface area contributed by atoms with Gasteiger partial charge in [-0.15, -0.1) is 11.3 Å². The number of ether oxygens (including phenoxy) is 2. The summed E-state index contributed by atoms with van der Waals surface area (Å²) in [5.74, 6) is 0.0853. The smallest absolute Gasteiger partial charge is 0.225 e. The van der Waals surface area contributed by atoms with E-state index in [4.69, 9.17) is 15.2 Å². The van der Waals surface area contributed by atoms with Crippen molar-refractivity contribution in [2.75, 3.05) is 33.4 Å². The van der Waals surface area contributed by atoms with E-state index in [1.54, 1.807) is 18.4 Å². The molecule has 6 heteroatoms. The predicted molar refractivity (Wildman–Crippen MR) is 74.1 cm³/mol. The maximum Gasteiger partial charge on any atom is 0.225 e. The first kappa shape index (κ1) is 14.5. The number of nitrogens with two attached hydrogens (primary N) is 1. The summed E-state index contributed by atoms with van der Waals surface area (Å²) in [6, 6.07) is 4.04. The number of amides is 1. The maximum atomic E-state index is 12.2. The highest BCUT2D eigenvalue weighted by atomic mass is 32.1. The predicted octanol–water partition coefficient (Wildman–Crippen LogP) is 1.01. The van der Waals surface area contributed by atoms with Gasteiger partial charge in [-0.3, -0.25) is 4.79 Å². The van der Waals surface area contributed by atoms with Gasteiger partial charge in [-0.05, 0) is 11.4 Å². The number of methoxy groups -OCH3 is 1. The Morgan fingerprint density at radius 1 is 1.74 bits per heavy atom. The molecule has 2 unspecified atom stereocenters. The zero-order valence-electron chi connectivity index (χ0n) is 11.1. The lowest BCUT2D eigenvalue weighted by Crippen LogP contribution is -2.44. The average molecular weight is 284 g/mol. The molecule has 2 heterocycles. The van der Waals surface area contributed by atoms with Crippen LogP contribution < -0.4 is 5.73 Å². The van der Waals surface area contributed by atoms with Crippen LogP contribution in [0.1, 0.15) is 17.4 Å². The molecule has 19 heavy (non-hydrogen) atoms. The van der Waals surface area contributed by atoms with Crippen molar-refractivity contribution in [1.82, 2.24) is 4.90 Å². The lowest BCUT2D eigenvalue weighted by molar-refractivity contribution is -0.141. The Labute approximate surface area is 117 Å². The number of morpholine rings is 1. The molecular formula is C13H20N2O3S. The summed E-state index contributed by atoms with van der Waals surface area (Å²) in [6.07, 6.45) is 0.136. The topological polar surface area (TPSA) is 64.8 Å². The number of hydrogen-bond acceptors (Lipinski definition) is 5.